The molecule has 0 N–H and O–H groups in total. The molecule has 0 saturated carbocycles. The smallest absolute Gasteiger partial charge is 0.465 e. The molecule has 0 unspecified atom stereocenters. The van der Waals surface area contributed by atoms with Gasteiger partial charge in [0.05, 0.1) is 7.11 Å². The van der Waals surface area contributed by atoms with Crippen LogP contribution in [0.25, 0.3) is 0 Å². The lowest BCUT2D eigenvalue weighted by Crippen LogP contribution is -2.47. The molecule has 0 heterocycles. The van der Waals surface area contributed by atoms with E-state index in [-0.39, 0.29) is 0 Å². The quantitative estimate of drug-likeness (QED) is 0.289. The van der Waals surface area contributed by atoms with E-state index >= 15 is 0 Å². The van der Waals surface area contributed by atoms with E-state index in [0.717, 1.165) is 19.2 Å². The Kier molecular flexibility index (Phi) is 6.64. The molecule has 0 aromatic heterocycles. The molecule has 0 saturated heterocycles. The number of carbonyl (C=O) groups excluding carboxylic acids is 3. The Balaban J connectivity index is 3.32. The fraction of sp³-hybridized carbons (Fsp3) is 0.357. The van der Waals surface area contributed by atoms with Gasteiger partial charge < -0.3 is 14.2 Å². The molecule has 1 rings (SSSR count). The summed E-state index contributed by atoms with van der Waals surface area (Å²) in [6.07, 6.45) is -12.9. The van der Waals surface area contributed by atoms with Crippen LogP contribution in [0.4, 0.5) is 43.9 Å². The van der Waals surface area contributed by atoms with Gasteiger partial charge in [0.1, 0.15) is 5.56 Å². The molecule has 1 aromatic rings. The van der Waals surface area contributed by atoms with Gasteiger partial charge >= 0.3 is 42.1 Å². The van der Waals surface area contributed by atoms with Gasteiger partial charge in [-0.3, -0.25) is 0 Å². The van der Waals surface area contributed by atoms with E-state index in [1.807, 2.05) is 0 Å². The number of rotatable bonds is 5. The van der Waals surface area contributed by atoms with Crippen LogP contribution in [-0.4, -0.2) is 49.2 Å². The first-order chi connectivity index (χ1) is 13.4. The van der Waals surface area contributed by atoms with Crippen molar-refractivity contribution in [2.75, 3.05) is 7.11 Å². The highest BCUT2D eigenvalue weighted by atomic mass is 19.4. The summed E-state index contributed by atoms with van der Waals surface area (Å²) in [5, 5.41) is 0. The summed E-state index contributed by atoms with van der Waals surface area (Å²) in [7, 11) is 0.729. The Morgan fingerprint density at radius 1 is 0.767 bits per heavy atom. The van der Waals surface area contributed by atoms with Crippen molar-refractivity contribution in [3.05, 3.63) is 23.8 Å². The molecule has 0 aliphatic heterocycles. The van der Waals surface area contributed by atoms with Gasteiger partial charge in [0.25, 0.3) is 0 Å². The van der Waals surface area contributed by atoms with Crippen molar-refractivity contribution in [1.29, 1.82) is 0 Å². The number of ether oxygens (including phenoxy) is 3. The van der Waals surface area contributed by atoms with Crippen molar-refractivity contribution in [2.24, 2.45) is 0 Å². The number of esters is 3. The second-order valence-corrected chi connectivity index (χ2v) is 5.05. The van der Waals surface area contributed by atoms with Crippen molar-refractivity contribution in [2.45, 2.75) is 24.2 Å². The van der Waals surface area contributed by atoms with Crippen LogP contribution in [0.2, 0.25) is 0 Å². The molecule has 0 bridgehead atoms. The zero-order chi connectivity index (χ0) is 23.7. The number of benzene rings is 1. The molecule has 0 aliphatic rings. The number of methoxy groups -OCH3 is 1. The summed E-state index contributed by atoms with van der Waals surface area (Å²) < 4.78 is 136. The van der Waals surface area contributed by atoms with Gasteiger partial charge in [0, 0.05) is 0 Å². The topological polar surface area (TPSA) is 78.9 Å². The number of halogens is 10. The molecular weight excluding hydrogens is 454 g/mol. The number of para-hydroxylation sites is 1. The Morgan fingerprint density at radius 2 is 1.23 bits per heavy atom. The standard InChI is InChI=1S/C14H6F10O6/c1-28-6-4-2-3-5(7(6)29-9(26)11(15,16)13(19,20)21)8(25)30-10(27)12(17,18)14(22,23)24/h2-4H,1H3. The fourth-order valence-corrected chi connectivity index (χ4v) is 1.53. The zero-order valence-electron chi connectivity index (χ0n) is 14.0. The SMILES string of the molecule is COc1cccc(C(=O)OC(=O)C(F)(F)C(F)(F)F)c1OC(=O)C(F)(F)C(F)(F)F. The third-order valence-corrected chi connectivity index (χ3v) is 3.02. The van der Waals surface area contributed by atoms with Crippen molar-refractivity contribution >= 4 is 17.9 Å². The molecule has 0 aliphatic carbocycles. The second kappa shape index (κ2) is 7.98. The summed E-state index contributed by atoms with van der Waals surface area (Å²) in [5.74, 6) is -23.9. The minimum absolute atomic E-state index is 0.387. The molecule has 6 nitrogen and oxygen atoms in total. The van der Waals surface area contributed by atoms with E-state index < -0.39 is 59.2 Å². The Hall–Kier alpha value is -3.07. The number of hydrogen-bond donors (Lipinski definition) is 0. The Bertz CT molecular complexity index is 843. The number of carbonyl (C=O) groups is 3. The second-order valence-electron chi connectivity index (χ2n) is 5.05. The fourth-order valence-electron chi connectivity index (χ4n) is 1.53. The average molecular weight is 460 g/mol. The predicted octanol–water partition coefficient (Wildman–Crippen LogP) is 3.68. The summed E-state index contributed by atoms with van der Waals surface area (Å²) in [6.45, 7) is 0. The summed E-state index contributed by atoms with van der Waals surface area (Å²) in [5.41, 5.74) is -1.45. The van der Waals surface area contributed by atoms with Crippen LogP contribution in [0.1, 0.15) is 10.4 Å². The third kappa shape index (κ3) is 4.73. The van der Waals surface area contributed by atoms with Gasteiger partial charge in [0.2, 0.25) is 0 Å². The van der Waals surface area contributed by atoms with Crippen LogP contribution in [0.3, 0.4) is 0 Å². The highest BCUT2D eigenvalue weighted by Gasteiger charge is 2.66. The van der Waals surface area contributed by atoms with Gasteiger partial charge in [-0.05, 0) is 12.1 Å². The minimum Gasteiger partial charge on any atom is -0.493 e. The van der Waals surface area contributed by atoms with E-state index in [1.165, 1.54) is 0 Å². The predicted molar refractivity (Wildman–Crippen MR) is 71.1 cm³/mol. The maximum Gasteiger partial charge on any atom is 0.465 e. The maximum atomic E-state index is 13.0. The summed E-state index contributed by atoms with van der Waals surface area (Å²) in [6, 6.07) is 1.86. The molecule has 0 spiro atoms. The van der Waals surface area contributed by atoms with Gasteiger partial charge in [-0.2, -0.15) is 43.9 Å². The number of hydrogen-bond acceptors (Lipinski definition) is 6. The summed E-state index contributed by atoms with van der Waals surface area (Å²) >= 11 is 0. The first-order valence-corrected chi connectivity index (χ1v) is 6.93. The van der Waals surface area contributed by atoms with E-state index in [4.69, 9.17) is 0 Å². The van der Waals surface area contributed by atoms with E-state index in [9.17, 15) is 58.3 Å². The average Bonchev–Trinajstić information content (AvgIpc) is 2.59. The van der Waals surface area contributed by atoms with Crippen LogP contribution in [0.15, 0.2) is 18.2 Å². The summed E-state index contributed by atoms with van der Waals surface area (Å²) in [4.78, 5) is 33.9. The molecular formula is C14H6F10O6. The molecule has 0 radical (unpaired) electrons. The van der Waals surface area contributed by atoms with Crippen LogP contribution < -0.4 is 9.47 Å². The van der Waals surface area contributed by atoms with Crippen molar-refractivity contribution in [3.63, 3.8) is 0 Å². The molecule has 0 amide bonds. The maximum absolute atomic E-state index is 13.0. The lowest BCUT2D eigenvalue weighted by atomic mass is 10.2. The molecule has 16 heteroatoms. The van der Waals surface area contributed by atoms with Gasteiger partial charge in [-0.15, -0.1) is 0 Å². The highest BCUT2D eigenvalue weighted by molar-refractivity contribution is 6.02. The lowest BCUT2D eigenvalue weighted by molar-refractivity contribution is -0.277. The monoisotopic (exact) mass is 460 g/mol. The molecule has 0 atom stereocenters. The van der Waals surface area contributed by atoms with Crippen molar-refractivity contribution < 1.29 is 72.5 Å². The lowest BCUT2D eigenvalue weighted by Gasteiger charge is -2.20. The molecule has 30 heavy (non-hydrogen) atoms. The van der Waals surface area contributed by atoms with Gasteiger partial charge in [-0.1, -0.05) is 6.07 Å². The zero-order valence-corrected chi connectivity index (χ0v) is 14.0. The largest absolute Gasteiger partial charge is 0.493 e. The van der Waals surface area contributed by atoms with Gasteiger partial charge in [-0.25, -0.2) is 14.4 Å². The van der Waals surface area contributed by atoms with Crippen LogP contribution in [0, 0.1) is 0 Å². The first kappa shape index (κ1) is 25.0. The van der Waals surface area contributed by atoms with Crippen molar-refractivity contribution in [1.82, 2.24) is 0 Å². The highest BCUT2D eigenvalue weighted by Crippen LogP contribution is 2.40. The molecule has 0 fully saturated rings. The molecule has 168 valence electrons. The van der Waals surface area contributed by atoms with Crippen LogP contribution in [0.5, 0.6) is 11.5 Å². The minimum atomic E-state index is -6.48. The van der Waals surface area contributed by atoms with Crippen molar-refractivity contribution in [3.8, 4) is 11.5 Å². The Morgan fingerprint density at radius 3 is 1.67 bits per heavy atom. The van der Waals surface area contributed by atoms with E-state index in [2.05, 4.69) is 14.2 Å². The van der Waals surface area contributed by atoms with E-state index in [1.54, 1.807) is 0 Å². The number of alkyl halides is 10. The Labute approximate surface area is 158 Å². The van der Waals surface area contributed by atoms with Crippen LogP contribution in [-0.2, 0) is 14.3 Å². The van der Waals surface area contributed by atoms with E-state index in [0.29, 0.717) is 6.07 Å². The molecule has 1 aromatic carbocycles. The normalized spacial score (nSPS) is 12.9. The van der Waals surface area contributed by atoms with Gasteiger partial charge in [0.15, 0.2) is 11.5 Å². The first-order valence-electron chi connectivity index (χ1n) is 6.93. The van der Waals surface area contributed by atoms with Crippen LogP contribution >= 0.6 is 0 Å². The third-order valence-electron chi connectivity index (χ3n) is 3.02.